The van der Waals surface area contributed by atoms with Crippen LogP contribution in [0.25, 0.3) is 22.6 Å². The van der Waals surface area contributed by atoms with Crippen molar-refractivity contribution in [3.8, 4) is 11.5 Å². The Labute approximate surface area is 186 Å². The normalized spacial score (nSPS) is 24.8. The molecule has 2 N–H and O–H groups in total. The van der Waals surface area contributed by atoms with Crippen LogP contribution in [0.4, 0.5) is 0 Å². The monoisotopic (exact) mass is 433 g/mol. The first kappa shape index (κ1) is 20.7. The molecule has 5 rings (SSSR count). The maximum absolute atomic E-state index is 13.0. The minimum Gasteiger partial charge on any atom is -0.436 e. The zero-order valence-corrected chi connectivity index (χ0v) is 18.0. The number of nitrogens with one attached hydrogen (secondary N) is 1. The fourth-order valence-corrected chi connectivity index (χ4v) is 4.69. The fourth-order valence-electron chi connectivity index (χ4n) is 4.69. The van der Waals surface area contributed by atoms with Gasteiger partial charge in [0.15, 0.2) is 5.58 Å². The molecular weight excluding hydrogens is 406 g/mol. The summed E-state index contributed by atoms with van der Waals surface area (Å²) in [6.45, 7) is 0. The minimum absolute atomic E-state index is 0.0435. The van der Waals surface area contributed by atoms with Gasteiger partial charge in [-0.05, 0) is 68.5 Å². The third-order valence-corrected chi connectivity index (χ3v) is 6.78. The van der Waals surface area contributed by atoms with Crippen molar-refractivity contribution in [2.45, 2.75) is 50.3 Å². The number of fused-ring (bicyclic) bond motifs is 1. The van der Waals surface area contributed by atoms with Gasteiger partial charge in [0.25, 0.3) is 5.91 Å². The summed E-state index contributed by atoms with van der Waals surface area (Å²) >= 11 is 0. The number of rotatable bonds is 5. The molecule has 2 unspecified atom stereocenters. The number of aliphatic hydroxyl groups is 1. The van der Waals surface area contributed by atoms with E-state index < -0.39 is 0 Å². The van der Waals surface area contributed by atoms with Crippen LogP contribution in [0.15, 0.2) is 52.9 Å². The third kappa shape index (κ3) is 4.00. The summed E-state index contributed by atoms with van der Waals surface area (Å²) in [6, 6.07) is 15.0. The Morgan fingerprint density at radius 1 is 1.06 bits per heavy atom. The van der Waals surface area contributed by atoms with Crippen molar-refractivity contribution in [3.63, 3.8) is 0 Å². The van der Waals surface area contributed by atoms with Gasteiger partial charge in [-0.1, -0.05) is 12.1 Å². The molecule has 2 aliphatic carbocycles. The highest BCUT2D eigenvalue weighted by Gasteiger charge is 2.36. The molecule has 2 amide bonds. The standard InChI is InChI=1S/C25H27N3O4/c1-28(19-11-10-17(12-19)23(30)26-18-13-20(29)14-18)25(31)16-8-6-15(7-9-16)24-27-21-4-2-3-5-22(21)32-24/h2-9,17-20,29H,10-14H2,1H3,(H,26,30). The van der Waals surface area contributed by atoms with Gasteiger partial charge >= 0.3 is 0 Å². The van der Waals surface area contributed by atoms with E-state index >= 15 is 0 Å². The second-order valence-electron chi connectivity index (χ2n) is 8.97. The van der Waals surface area contributed by atoms with E-state index in [1.165, 1.54) is 0 Å². The molecule has 0 radical (unpaired) electrons. The molecule has 0 aliphatic heterocycles. The van der Waals surface area contributed by atoms with Gasteiger partial charge in [0.2, 0.25) is 11.8 Å². The van der Waals surface area contributed by atoms with E-state index in [0.29, 0.717) is 30.7 Å². The van der Waals surface area contributed by atoms with Crippen molar-refractivity contribution in [2.24, 2.45) is 5.92 Å². The van der Waals surface area contributed by atoms with Gasteiger partial charge in [-0.25, -0.2) is 4.98 Å². The Balaban J connectivity index is 1.21. The number of carbonyl (C=O) groups is 2. The van der Waals surface area contributed by atoms with E-state index in [9.17, 15) is 14.7 Å². The first-order valence-electron chi connectivity index (χ1n) is 11.2. The Morgan fingerprint density at radius 2 is 1.81 bits per heavy atom. The molecule has 1 aromatic heterocycles. The molecule has 32 heavy (non-hydrogen) atoms. The number of hydrogen-bond donors (Lipinski definition) is 2. The lowest BCUT2D eigenvalue weighted by Crippen LogP contribution is -2.48. The van der Waals surface area contributed by atoms with E-state index in [1.54, 1.807) is 17.0 Å². The first-order chi connectivity index (χ1) is 15.5. The Hall–Kier alpha value is -3.19. The van der Waals surface area contributed by atoms with E-state index in [2.05, 4.69) is 10.3 Å². The number of hydrogen-bond acceptors (Lipinski definition) is 5. The quantitative estimate of drug-likeness (QED) is 0.643. The number of nitrogens with zero attached hydrogens (tertiary/aromatic N) is 2. The van der Waals surface area contributed by atoms with Crippen molar-refractivity contribution in [1.82, 2.24) is 15.2 Å². The van der Waals surface area contributed by atoms with Gasteiger partial charge in [0, 0.05) is 36.2 Å². The molecule has 3 aromatic rings. The molecular formula is C25H27N3O4. The second-order valence-corrected chi connectivity index (χ2v) is 8.97. The second kappa shape index (κ2) is 8.39. The first-order valence-corrected chi connectivity index (χ1v) is 11.2. The molecule has 2 aromatic carbocycles. The van der Waals surface area contributed by atoms with Crippen LogP contribution in [0.5, 0.6) is 0 Å². The third-order valence-electron chi connectivity index (χ3n) is 6.78. The number of oxazole rings is 1. The molecule has 2 aliphatic rings. The van der Waals surface area contributed by atoms with Gasteiger partial charge in [0.1, 0.15) is 5.52 Å². The summed E-state index contributed by atoms with van der Waals surface area (Å²) < 4.78 is 5.80. The van der Waals surface area contributed by atoms with Crippen molar-refractivity contribution in [1.29, 1.82) is 0 Å². The molecule has 1 heterocycles. The number of aromatic nitrogens is 1. The van der Waals surface area contributed by atoms with Crippen LogP contribution in [0.3, 0.4) is 0 Å². The smallest absolute Gasteiger partial charge is 0.253 e. The number of benzene rings is 2. The summed E-state index contributed by atoms with van der Waals surface area (Å²) in [7, 11) is 1.81. The molecule has 2 saturated carbocycles. The lowest BCUT2D eigenvalue weighted by molar-refractivity contribution is -0.127. The molecule has 0 saturated heterocycles. The maximum Gasteiger partial charge on any atom is 0.253 e. The number of aliphatic hydroxyl groups excluding tert-OH is 1. The van der Waals surface area contributed by atoms with Crippen LogP contribution in [0.2, 0.25) is 0 Å². The van der Waals surface area contributed by atoms with Crippen molar-refractivity contribution >= 4 is 22.9 Å². The summed E-state index contributed by atoms with van der Waals surface area (Å²) in [5, 5.41) is 12.4. The van der Waals surface area contributed by atoms with Crippen LogP contribution in [-0.4, -0.2) is 52.0 Å². The predicted molar refractivity (Wildman–Crippen MR) is 120 cm³/mol. The average molecular weight is 434 g/mol. The van der Waals surface area contributed by atoms with Crippen LogP contribution < -0.4 is 5.32 Å². The molecule has 2 fully saturated rings. The Morgan fingerprint density at radius 3 is 2.53 bits per heavy atom. The zero-order chi connectivity index (χ0) is 22.2. The topological polar surface area (TPSA) is 95.7 Å². The predicted octanol–water partition coefficient (Wildman–Crippen LogP) is 3.38. The van der Waals surface area contributed by atoms with E-state index in [1.807, 2.05) is 43.4 Å². The Kier molecular flexibility index (Phi) is 5.43. The minimum atomic E-state index is -0.283. The summed E-state index contributed by atoms with van der Waals surface area (Å²) in [4.78, 5) is 31.8. The number of carbonyl (C=O) groups excluding carboxylic acids is 2. The molecule has 2 atom stereocenters. The van der Waals surface area contributed by atoms with Gasteiger partial charge < -0.3 is 19.7 Å². The molecule has 166 valence electrons. The van der Waals surface area contributed by atoms with Gasteiger partial charge in [0.05, 0.1) is 6.10 Å². The van der Waals surface area contributed by atoms with Gasteiger partial charge in [-0.15, -0.1) is 0 Å². The maximum atomic E-state index is 13.0. The SMILES string of the molecule is CN(C(=O)c1ccc(-c2nc3ccccc3o2)cc1)C1CCC(C(=O)NC2CC(O)C2)C1. The zero-order valence-electron chi connectivity index (χ0n) is 18.0. The van der Waals surface area contributed by atoms with Crippen LogP contribution in [0.1, 0.15) is 42.5 Å². The number of para-hydroxylation sites is 2. The van der Waals surface area contributed by atoms with E-state index in [-0.39, 0.29) is 35.9 Å². The van der Waals surface area contributed by atoms with Gasteiger partial charge in [-0.3, -0.25) is 9.59 Å². The highest BCUT2D eigenvalue weighted by molar-refractivity contribution is 5.95. The molecule has 7 heteroatoms. The number of amides is 2. The Bertz CT molecular complexity index is 1100. The van der Waals surface area contributed by atoms with Crippen molar-refractivity contribution in [2.75, 3.05) is 7.05 Å². The lowest BCUT2D eigenvalue weighted by Gasteiger charge is -2.32. The van der Waals surface area contributed by atoms with E-state index in [4.69, 9.17) is 4.42 Å². The molecule has 7 nitrogen and oxygen atoms in total. The fraction of sp³-hybridized carbons (Fsp3) is 0.400. The average Bonchev–Trinajstić information content (AvgIpc) is 3.44. The summed E-state index contributed by atoms with van der Waals surface area (Å²) in [5.41, 5.74) is 2.95. The lowest BCUT2D eigenvalue weighted by atomic mass is 9.89. The van der Waals surface area contributed by atoms with Crippen LogP contribution >= 0.6 is 0 Å². The van der Waals surface area contributed by atoms with E-state index in [0.717, 1.165) is 29.5 Å². The van der Waals surface area contributed by atoms with Crippen LogP contribution in [0, 0.1) is 5.92 Å². The van der Waals surface area contributed by atoms with Crippen molar-refractivity contribution < 1.29 is 19.1 Å². The molecule has 0 bridgehead atoms. The summed E-state index contributed by atoms with van der Waals surface area (Å²) in [6.07, 6.45) is 3.26. The highest BCUT2D eigenvalue weighted by Crippen LogP contribution is 2.31. The van der Waals surface area contributed by atoms with Crippen molar-refractivity contribution in [3.05, 3.63) is 54.1 Å². The molecule has 0 spiro atoms. The largest absolute Gasteiger partial charge is 0.436 e. The summed E-state index contributed by atoms with van der Waals surface area (Å²) in [5.74, 6) is 0.451. The van der Waals surface area contributed by atoms with Gasteiger partial charge in [-0.2, -0.15) is 0 Å². The van der Waals surface area contributed by atoms with Crippen LogP contribution in [-0.2, 0) is 4.79 Å². The highest BCUT2D eigenvalue weighted by atomic mass is 16.3.